The van der Waals surface area contributed by atoms with Crippen LogP contribution in [0.15, 0.2) is 24.4 Å². The van der Waals surface area contributed by atoms with Crippen molar-refractivity contribution in [3.05, 3.63) is 24.4 Å². The largest absolute Gasteiger partial charge is 0.326 e. The Morgan fingerprint density at radius 2 is 2.36 bits per heavy atom. The summed E-state index contributed by atoms with van der Waals surface area (Å²) in [6.45, 7) is 4.32. The van der Waals surface area contributed by atoms with Crippen LogP contribution in [0.5, 0.6) is 0 Å². The van der Waals surface area contributed by atoms with E-state index in [-0.39, 0.29) is 18.3 Å². The van der Waals surface area contributed by atoms with Gasteiger partial charge in [-0.2, -0.15) is 5.10 Å². The van der Waals surface area contributed by atoms with Crippen LogP contribution >= 0.6 is 12.4 Å². The number of aromatic amines is 1. The number of rotatable bonds is 4. The molecular weight excluding hydrogens is 300 g/mol. The van der Waals surface area contributed by atoms with Gasteiger partial charge in [0, 0.05) is 17.5 Å². The predicted molar refractivity (Wildman–Crippen MR) is 91.3 cm³/mol. The molecule has 2 aromatic rings. The Labute approximate surface area is 136 Å². The first kappa shape index (κ1) is 16.8. The molecule has 3 N–H and O–H groups in total. The molecule has 1 amide bonds. The second-order valence-corrected chi connectivity index (χ2v) is 6.01. The van der Waals surface area contributed by atoms with Gasteiger partial charge < -0.3 is 10.6 Å². The van der Waals surface area contributed by atoms with Crippen molar-refractivity contribution in [3.8, 4) is 0 Å². The minimum absolute atomic E-state index is 0. The number of halogens is 1. The number of benzene rings is 1. The highest BCUT2D eigenvalue weighted by Crippen LogP contribution is 2.23. The van der Waals surface area contributed by atoms with Gasteiger partial charge in [-0.25, -0.2) is 0 Å². The molecule has 2 heterocycles. The number of fused-ring (bicyclic) bond motifs is 1. The van der Waals surface area contributed by atoms with Gasteiger partial charge in [0.05, 0.1) is 11.7 Å². The summed E-state index contributed by atoms with van der Waals surface area (Å²) in [6.07, 6.45) is 4.79. The molecule has 0 bridgehead atoms. The average Bonchev–Trinajstić information content (AvgIpc) is 2.95. The van der Waals surface area contributed by atoms with Crippen LogP contribution in [0.3, 0.4) is 0 Å². The van der Waals surface area contributed by atoms with Gasteiger partial charge in [0.1, 0.15) is 0 Å². The number of piperidine rings is 1. The number of anilines is 1. The van der Waals surface area contributed by atoms with Gasteiger partial charge >= 0.3 is 0 Å². The number of nitrogens with zero attached hydrogens (tertiary/aromatic N) is 1. The Morgan fingerprint density at radius 3 is 3.14 bits per heavy atom. The number of nitrogens with one attached hydrogen (secondary N) is 3. The lowest BCUT2D eigenvalue weighted by molar-refractivity contribution is -0.117. The second kappa shape index (κ2) is 7.61. The molecule has 22 heavy (non-hydrogen) atoms. The zero-order chi connectivity index (χ0) is 14.7. The molecule has 0 spiro atoms. The van der Waals surface area contributed by atoms with Gasteiger partial charge in [0.25, 0.3) is 0 Å². The van der Waals surface area contributed by atoms with E-state index in [2.05, 4.69) is 27.8 Å². The highest BCUT2D eigenvalue weighted by atomic mass is 35.5. The second-order valence-electron chi connectivity index (χ2n) is 6.01. The third-order valence-electron chi connectivity index (χ3n) is 4.37. The summed E-state index contributed by atoms with van der Waals surface area (Å²) in [7, 11) is 0. The molecule has 1 fully saturated rings. The van der Waals surface area contributed by atoms with Crippen LogP contribution in [0.1, 0.15) is 26.2 Å². The Bertz CT molecular complexity index is 621. The Morgan fingerprint density at radius 1 is 1.50 bits per heavy atom. The van der Waals surface area contributed by atoms with E-state index in [0.29, 0.717) is 18.3 Å². The third kappa shape index (κ3) is 3.99. The molecule has 0 aliphatic carbocycles. The van der Waals surface area contributed by atoms with Crippen molar-refractivity contribution < 1.29 is 4.79 Å². The van der Waals surface area contributed by atoms with Crippen molar-refractivity contribution in [2.75, 3.05) is 18.4 Å². The molecule has 1 aromatic carbocycles. The molecule has 1 aliphatic rings. The molecule has 2 atom stereocenters. The van der Waals surface area contributed by atoms with Crippen molar-refractivity contribution in [1.82, 2.24) is 15.5 Å². The summed E-state index contributed by atoms with van der Waals surface area (Å²) in [6, 6.07) is 5.80. The highest BCUT2D eigenvalue weighted by molar-refractivity contribution is 5.93. The summed E-state index contributed by atoms with van der Waals surface area (Å²) in [5.74, 6) is 1.11. The van der Waals surface area contributed by atoms with E-state index < -0.39 is 0 Å². The first-order valence-corrected chi connectivity index (χ1v) is 7.66. The summed E-state index contributed by atoms with van der Waals surface area (Å²) in [4.78, 5) is 12.2. The fourth-order valence-electron chi connectivity index (χ4n) is 3.05. The maximum atomic E-state index is 12.2. The highest BCUT2D eigenvalue weighted by Gasteiger charge is 2.22. The SMILES string of the molecule is CC(CC(=O)Nc1ccc2cn[nH]c2c1)C1CCCNC1.Cl. The van der Waals surface area contributed by atoms with Crippen molar-refractivity contribution in [1.29, 1.82) is 0 Å². The normalized spacial score (nSPS) is 19.4. The monoisotopic (exact) mass is 322 g/mol. The smallest absolute Gasteiger partial charge is 0.224 e. The van der Waals surface area contributed by atoms with E-state index in [0.717, 1.165) is 29.7 Å². The summed E-state index contributed by atoms with van der Waals surface area (Å²) in [5.41, 5.74) is 1.77. The molecule has 0 saturated carbocycles. The summed E-state index contributed by atoms with van der Waals surface area (Å²) < 4.78 is 0. The molecule has 6 heteroatoms. The van der Waals surface area contributed by atoms with E-state index >= 15 is 0 Å². The number of amides is 1. The van der Waals surface area contributed by atoms with E-state index in [1.165, 1.54) is 12.8 Å². The van der Waals surface area contributed by atoms with Crippen LogP contribution in [0.2, 0.25) is 0 Å². The molecule has 3 rings (SSSR count). The number of H-pyrrole nitrogens is 1. The van der Waals surface area contributed by atoms with Gasteiger partial charge in [0.2, 0.25) is 5.91 Å². The summed E-state index contributed by atoms with van der Waals surface area (Å²) in [5, 5.41) is 14.4. The number of hydrogen-bond donors (Lipinski definition) is 3. The van der Waals surface area contributed by atoms with Gasteiger partial charge in [-0.3, -0.25) is 9.89 Å². The first-order chi connectivity index (χ1) is 10.2. The Hall–Kier alpha value is -1.59. The van der Waals surface area contributed by atoms with Gasteiger partial charge in [-0.15, -0.1) is 12.4 Å². The zero-order valence-electron chi connectivity index (χ0n) is 12.8. The van der Waals surface area contributed by atoms with Gasteiger partial charge in [-0.05, 0) is 56.0 Å². The van der Waals surface area contributed by atoms with E-state index in [4.69, 9.17) is 0 Å². The van der Waals surface area contributed by atoms with Crippen LogP contribution in [0.4, 0.5) is 5.69 Å². The minimum atomic E-state index is 0. The molecule has 2 unspecified atom stereocenters. The third-order valence-corrected chi connectivity index (χ3v) is 4.37. The van der Waals surface area contributed by atoms with Crippen LogP contribution in [0, 0.1) is 11.8 Å². The Kier molecular flexibility index (Phi) is 5.80. The minimum Gasteiger partial charge on any atom is -0.326 e. The van der Waals surface area contributed by atoms with Crippen LogP contribution in [0.25, 0.3) is 10.9 Å². The predicted octanol–water partition coefficient (Wildman–Crippen LogP) is 2.95. The average molecular weight is 323 g/mol. The van der Waals surface area contributed by atoms with Crippen molar-refractivity contribution >= 4 is 34.9 Å². The van der Waals surface area contributed by atoms with Crippen LogP contribution < -0.4 is 10.6 Å². The lowest BCUT2D eigenvalue weighted by Gasteiger charge is -2.28. The lowest BCUT2D eigenvalue weighted by atomic mass is 9.85. The Balaban J connectivity index is 0.00000176. The van der Waals surface area contributed by atoms with Gasteiger partial charge in [0.15, 0.2) is 0 Å². The van der Waals surface area contributed by atoms with Crippen LogP contribution in [-0.4, -0.2) is 29.2 Å². The number of hydrogen-bond acceptors (Lipinski definition) is 3. The topological polar surface area (TPSA) is 69.8 Å². The molecular formula is C16H23ClN4O. The fourth-order valence-corrected chi connectivity index (χ4v) is 3.05. The standard InChI is InChI=1S/C16H22N4O.ClH/c1-11(12-3-2-6-17-9-12)7-16(21)19-14-5-4-13-10-18-20-15(13)8-14;/h4-5,8,10-12,17H,2-3,6-7,9H2,1H3,(H,18,20)(H,19,21);1H. The molecule has 1 saturated heterocycles. The van der Waals surface area contributed by atoms with E-state index in [1.54, 1.807) is 6.20 Å². The molecule has 0 radical (unpaired) electrons. The summed E-state index contributed by atoms with van der Waals surface area (Å²) >= 11 is 0. The quantitative estimate of drug-likeness (QED) is 0.810. The van der Waals surface area contributed by atoms with Crippen molar-refractivity contribution in [3.63, 3.8) is 0 Å². The first-order valence-electron chi connectivity index (χ1n) is 7.66. The molecule has 5 nitrogen and oxygen atoms in total. The van der Waals surface area contributed by atoms with Crippen molar-refractivity contribution in [2.45, 2.75) is 26.2 Å². The van der Waals surface area contributed by atoms with Crippen LogP contribution in [-0.2, 0) is 4.79 Å². The lowest BCUT2D eigenvalue weighted by Crippen LogP contribution is -2.34. The van der Waals surface area contributed by atoms with Crippen molar-refractivity contribution in [2.24, 2.45) is 11.8 Å². The fraction of sp³-hybridized carbons (Fsp3) is 0.500. The molecule has 1 aliphatic heterocycles. The molecule has 120 valence electrons. The molecule has 1 aromatic heterocycles. The van der Waals surface area contributed by atoms with E-state index in [9.17, 15) is 4.79 Å². The number of carbonyl (C=O) groups excluding carboxylic acids is 1. The van der Waals surface area contributed by atoms with E-state index in [1.807, 2.05) is 18.2 Å². The number of carbonyl (C=O) groups is 1. The maximum Gasteiger partial charge on any atom is 0.224 e. The number of aromatic nitrogens is 2. The van der Waals surface area contributed by atoms with Gasteiger partial charge in [-0.1, -0.05) is 6.92 Å². The maximum absolute atomic E-state index is 12.2. The zero-order valence-corrected chi connectivity index (χ0v) is 13.6.